The third kappa shape index (κ3) is 1.93. The summed E-state index contributed by atoms with van der Waals surface area (Å²) < 4.78 is 2.56. The molecule has 0 aliphatic heterocycles. The van der Waals surface area contributed by atoms with Crippen molar-refractivity contribution in [2.75, 3.05) is 0 Å². The van der Waals surface area contributed by atoms with Gasteiger partial charge in [-0.05, 0) is 24.0 Å². The van der Waals surface area contributed by atoms with E-state index in [-0.39, 0.29) is 0 Å². The van der Waals surface area contributed by atoms with Crippen LogP contribution in [0.25, 0.3) is 21.8 Å². The molecular formula is C19H23N. The maximum Gasteiger partial charge on any atom is 0.0494 e. The normalized spacial score (nSPS) is 12.3. The van der Waals surface area contributed by atoms with Crippen LogP contribution >= 0.6 is 0 Å². The molecule has 0 radical (unpaired) electrons. The molecule has 0 saturated carbocycles. The second kappa shape index (κ2) is 4.97. The van der Waals surface area contributed by atoms with Gasteiger partial charge in [-0.1, -0.05) is 64.1 Å². The Bertz CT molecular complexity index is 672. The smallest absolute Gasteiger partial charge is 0.0494 e. The second-order valence-corrected chi connectivity index (χ2v) is 6.38. The molecule has 20 heavy (non-hydrogen) atoms. The van der Waals surface area contributed by atoms with Gasteiger partial charge in [0, 0.05) is 27.8 Å². The Morgan fingerprint density at radius 1 is 0.650 bits per heavy atom. The molecule has 1 nitrogen and oxygen atoms in total. The van der Waals surface area contributed by atoms with Crippen molar-refractivity contribution >= 4 is 21.8 Å². The third-order valence-corrected chi connectivity index (χ3v) is 4.28. The summed E-state index contributed by atoms with van der Waals surface area (Å²) in [6.45, 7) is 9.31. The molecule has 0 fully saturated rings. The largest absolute Gasteiger partial charge is 0.337 e. The minimum atomic E-state index is 0.528. The van der Waals surface area contributed by atoms with E-state index in [2.05, 4.69) is 80.8 Å². The number of fused-ring (bicyclic) bond motifs is 3. The van der Waals surface area contributed by atoms with E-state index in [1.165, 1.54) is 21.8 Å². The van der Waals surface area contributed by atoms with Crippen LogP contribution in [0.4, 0.5) is 0 Å². The van der Waals surface area contributed by atoms with Gasteiger partial charge in [-0.25, -0.2) is 0 Å². The van der Waals surface area contributed by atoms with E-state index in [1.807, 2.05) is 0 Å². The summed E-state index contributed by atoms with van der Waals surface area (Å²) in [6, 6.07) is 18.1. The lowest BCUT2D eigenvalue weighted by molar-refractivity contribution is 0.301. The summed E-state index contributed by atoms with van der Waals surface area (Å²) in [4.78, 5) is 0. The van der Waals surface area contributed by atoms with Crippen molar-refractivity contribution in [3.63, 3.8) is 0 Å². The molecule has 0 N–H and O–H groups in total. The van der Waals surface area contributed by atoms with E-state index < -0.39 is 0 Å². The van der Waals surface area contributed by atoms with Crippen LogP contribution in [0.15, 0.2) is 48.5 Å². The minimum Gasteiger partial charge on any atom is -0.337 e. The minimum absolute atomic E-state index is 0.528. The van der Waals surface area contributed by atoms with Crippen LogP contribution < -0.4 is 0 Å². The van der Waals surface area contributed by atoms with Gasteiger partial charge in [-0.15, -0.1) is 0 Å². The molecule has 0 aliphatic carbocycles. The molecule has 0 amide bonds. The summed E-state index contributed by atoms with van der Waals surface area (Å²) in [6.07, 6.45) is 0. The zero-order valence-electron chi connectivity index (χ0n) is 12.8. The van der Waals surface area contributed by atoms with Crippen molar-refractivity contribution in [3.05, 3.63) is 48.5 Å². The van der Waals surface area contributed by atoms with Crippen LogP contribution in [-0.4, -0.2) is 4.57 Å². The predicted octanol–water partition coefficient (Wildman–Crippen LogP) is 5.65. The van der Waals surface area contributed by atoms with Crippen molar-refractivity contribution in [2.24, 2.45) is 11.8 Å². The number of aromatic nitrogens is 1. The van der Waals surface area contributed by atoms with E-state index in [9.17, 15) is 0 Å². The van der Waals surface area contributed by atoms with E-state index in [0.717, 1.165) is 0 Å². The average Bonchev–Trinajstić information content (AvgIpc) is 2.74. The van der Waals surface area contributed by atoms with Crippen LogP contribution in [0, 0.1) is 11.8 Å². The summed E-state index contributed by atoms with van der Waals surface area (Å²) >= 11 is 0. The molecule has 0 saturated heterocycles. The van der Waals surface area contributed by atoms with Crippen LogP contribution in [0.1, 0.15) is 33.7 Å². The number of rotatable bonds is 3. The Hall–Kier alpha value is -1.76. The molecule has 104 valence electrons. The molecule has 0 atom stereocenters. The highest BCUT2D eigenvalue weighted by Gasteiger charge is 2.23. The first-order valence-electron chi connectivity index (χ1n) is 7.59. The van der Waals surface area contributed by atoms with Crippen molar-refractivity contribution in [1.82, 2.24) is 4.57 Å². The van der Waals surface area contributed by atoms with E-state index >= 15 is 0 Å². The lowest BCUT2D eigenvalue weighted by Gasteiger charge is -2.28. The van der Waals surface area contributed by atoms with Gasteiger partial charge < -0.3 is 4.57 Å². The molecule has 3 rings (SSSR count). The van der Waals surface area contributed by atoms with Gasteiger partial charge in [0.2, 0.25) is 0 Å². The van der Waals surface area contributed by atoms with Crippen LogP contribution in [0.3, 0.4) is 0 Å². The Labute approximate surface area is 121 Å². The molecule has 0 aliphatic rings. The van der Waals surface area contributed by atoms with E-state index in [1.54, 1.807) is 0 Å². The SMILES string of the molecule is CC(C)C(C(C)C)n1c2ccccc2c2ccccc21. The van der Waals surface area contributed by atoms with Crippen molar-refractivity contribution in [3.8, 4) is 0 Å². The standard InChI is InChI=1S/C19H23N/c1-13(2)19(14(3)4)20-17-11-7-5-9-15(17)16-10-6-8-12-18(16)20/h5-14,19H,1-4H3. The first-order chi connectivity index (χ1) is 9.61. The highest BCUT2D eigenvalue weighted by molar-refractivity contribution is 6.08. The number of para-hydroxylation sites is 2. The summed E-state index contributed by atoms with van der Waals surface area (Å²) in [7, 11) is 0. The van der Waals surface area contributed by atoms with Gasteiger partial charge in [0.25, 0.3) is 0 Å². The zero-order chi connectivity index (χ0) is 14.3. The molecule has 1 heterocycles. The molecule has 2 aromatic carbocycles. The van der Waals surface area contributed by atoms with Crippen LogP contribution in [0.5, 0.6) is 0 Å². The highest BCUT2D eigenvalue weighted by Crippen LogP contribution is 2.37. The Morgan fingerprint density at radius 3 is 1.45 bits per heavy atom. The summed E-state index contributed by atoms with van der Waals surface area (Å²) in [5.74, 6) is 1.24. The first kappa shape index (κ1) is 13.2. The van der Waals surface area contributed by atoms with Gasteiger partial charge in [0.05, 0.1) is 0 Å². The topological polar surface area (TPSA) is 4.93 Å². The number of hydrogen-bond donors (Lipinski definition) is 0. The number of nitrogens with zero attached hydrogens (tertiary/aromatic N) is 1. The molecule has 0 unspecified atom stereocenters. The van der Waals surface area contributed by atoms with Crippen molar-refractivity contribution in [1.29, 1.82) is 0 Å². The fourth-order valence-corrected chi connectivity index (χ4v) is 3.64. The third-order valence-electron chi connectivity index (χ3n) is 4.28. The maximum atomic E-state index is 2.56. The van der Waals surface area contributed by atoms with Crippen molar-refractivity contribution in [2.45, 2.75) is 33.7 Å². The molecule has 1 heteroatoms. The zero-order valence-corrected chi connectivity index (χ0v) is 12.8. The average molecular weight is 265 g/mol. The highest BCUT2D eigenvalue weighted by atomic mass is 15.0. The molecule has 0 spiro atoms. The predicted molar refractivity (Wildman–Crippen MR) is 88.2 cm³/mol. The fourth-order valence-electron chi connectivity index (χ4n) is 3.64. The van der Waals surface area contributed by atoms with Gasteiger partial charge in [-0.2, -0.15) is 0 Å². The Morgan fingerprint density at radius 2 is 1.05 bits per heavy atom. The summed E-state index contributed by atoms with van der Waals surface area (Å²) in [5, 5.41) is 2.74. The van der Waals surface area contributed by atoms with Gasteiger partial charge in [0.1, 0.15) is 0 Å². The first-order valence-corrected chi connectivity index (χ1v) is 7.59. The van der Waals surface area contributed by atoms with E-state index in [4.69, 9.17) is 0 Å². The lowest BCUT2D eigenvalue weighted by Crippen LogP contribution is -2.20. The van der Waals surface area contributed by atoms with E-state index in [0.29, 0.717) is 17.9 Å². The molecular weight excluding hydrogens is 242 g/mol. The van der Waals surface area contributed by atoms with Gasteiger partial charge >= 0.3 is 0 Å². The monoisotopic (exact) mass is 265 g/mol. The Kier molecular flexibility index (Phi) is 3.29. The number of benzene rings is 2. The maximum absolute atomic E-state index is 2.56. The molecule has 1 aromatic heterocycles. The fraction of sp³-hybridized carbons (Fsp3) is 0.368. The van der Waals surface area contributed by atoms with Gasteiger partial charge in [-0.3, -0.25) is 0 Å². The Balaban J connectivity index is 2.42. The second-order valence-electron chi connectivity index (χ2n) is 6.38. The summed E-state index contributed by atoms with van der Waals surface area (Å²) in [5.41, 5.74) is 2.72. The lowest BCUT2D eigenvalue weighted by atomic mass is 9.92. The van der Waals surface area contributed by atoms with Crippen LogP contribution in [-0.2, 0) is 0 Å². The van der Waals surface area contributed by atoms with Gasteiger partial charge in [0.15, 0.2) is 0 Å². The van der Waals surface area contributed by atoms with Crippen molar-refractivity contribution < 1.29 is 0 Å². The molecule has 0 bridgehead atoms. The van der Waals surface area contributed by atoms with Crippen LogP contribution in [0.2, 0.25) is 0 Å². The quantitative estimate of drug-likeness (QED) is 0.577. The number of hydrogen-bond acceptors (Lipinski definition) is 0. The molecule has 3 aromatic rings.